The van der Waals surface area contributed by atoms with E-state index in [2.05, 4.69) is 9.72 Å². The molecule has 0 N–H and O–H groups in total. The summed E-state index contributed by atoms with van der Waals surface area (Å²) in [6.45, 7) is 0. The number of hydrogen-bond acceptors (Lipinski definition) is 6. The number of carbonyl (C=O) groups excluding carboxylic acids is 2. The normalized spacial score (nSPS) is 11.7. The van der Waals surface area contributed by atoms with E-state index < -0.39 is 29.7 Å². The molecule has 29 heavy (non-hydrogen) atoms. The van der Waals surface area contributed by atoms with Gasteiger partial charge in [-0.15, -0.1) is 0 Å². The molecule has 0 saturated heterocycles. The Labute approximate surface area is 165 Å². The van der Waals surface area contributed by atoms with Crippen LogP contribution in [0.5, 0.6) is 0 Å². The number of ether oxygens (including phenoxy) is 2. The SMILES string of the molecule is COC(=O)C(OC(=O)CCc1ncc(-c2c(F)cccc2F)o1)c1ccccc1. The van der Waals surface area contributed by atoms with Gasteiger partial charge in [-0.2, -0.15) is 0 Å². The van der Waals surface area contributed by atoms with Crippen LogP contribution in [0.1, 0.15) is 24.0 Å². The number of aromatic nitrogens is 1. The van der Waals surface area contributed by atoms with E-state index in [1.54, 1.807) is 30.3 Å². The zero-order valence-corrected chi connectivity index (χ0v) is 15.4. The molecule has 0 bridgehead atoms. The van der Waals surface area contributed by atoms with Crippen LogP contribution < -0.4 is 0 Å². The van der Waals surface area contributed by atoms with E-state index in [4.69, 9.17) is 9.15 Å². The molecule has 0 saturated carbocycles. The van der Waals surface area contributed by atoms with Gasteiger partial charge in [0.15, 0.2) is 11.7 Å². The average molecular weight is 401 g/mol. The molecule has 0 amide bonds. The highest BCUT2D eigenvalue weighted by atomic mass is 19.1. The third-order valence-corrected chi connectivity index (χ3v) is 4.07. The maximum atomic E-state index is 13.8. The largest absolute Gasteiger partial charge is 0.466 e. The van der Waals surface area contributed by atoms with Gasteiger partial charge in [0.05, 0.1) is 25.3 Å². The molecular weight excluding hydrogens is 384 g/mol. The van der Waals surface area contributed by atoms with Gasteiger partial charge in [-0.3, -0.25) is 4.79 Å². The zero-order chi connectivity index (χ0) is 20.8. The highest BCUT2D eigenvalue weighted by Crippen LogP contribution is 2.27. The third kappa shape index (κ3) is 4.84. The Morgan fingerprint density at radius 2 is 1.76 bits per heavy atom. The Balaban J connectivity index is 1.65. The number of aryl methyl sites for hydroxylation is 1. The van der Waals surface area contributed by atoms with Gasteiger partial charge >= 0.3 is 11.9 Å². The lowest BCUT2D eigenvalue weighted by atomic mass is 10.1. The molecule has 0 fully saturated rings. The minimum absolute atomic E-state index is 0.0254. The molecule has 1 atom stereocenters. The number of hydrogen-bond donors (Lipinski definition) is 0. The molecule has 0 aliphatic rings. The summed E-state index contributed by atoms with van der Waals surface area (Å²) in [7, 11) is 1.20. The van der Waals surface area contributed by atoms with Gasteiger partial charge in [0.1, 0.15) is 11.6 Å². The number of rotatable bonds is 7. The highest BCUT2D eigenvalue weighted by Gasteiger charge is 2.26. The van der Waals surface area contributed by atoms with Gasteiger partial charge in [0.25, 0.3) is 0 Å². The molecule has 3 aromatic rings. The van der Waals surface area contributed by atoms with Crippen molar-refractivity contribution in [1.29, 1.82) is 0 Å². The molecule has 150 valence electrons. The van der Waals surface area contributed by atoms with Crippen LogP contribution in [-0.4, -0.2) is 24.0 Å². The second-order valence-electron chi connectivity index (χ2n) is 6.02. The van der Waals surface area contributed by atoms with Gasteiger partial charge < -0.3 is 13.9 Å². The lowest BCUT2D eigenvalue weighted by Crippen LogP contribution is -2.21. The minimum Gasteiger partial charge on any atom is -0.466 e. The Morgan fingerprint density at radius 1 is 1.07 bits per heavy atom. The van der Waals surface area contributed by atoms with Crippen LogP contribution >= 0.6 is 0 Å². The fourth-order valence-corrected chi connectivity index (χ4v) is 2.66. The number of methoxy groups -OCH3 is 1. The maximum Gasteiger partial charge on any atom is 0.351 e. The third-order valence-electron chi connectivity index (χ3n) is 4.07. The van der Waals surface area contributed by atoms with Gasteiger partial charge in [-0.1, -0.05) is 36.4 Å². The summed E-state index contributed by atoms with van der Waals surface area (Å²) in [6, 6.07) is 11.9. The molecule has 2 aromatic carbocycles. The Kier molecular flexibility index (Phi) is 6.33. The number of oxazole rings is 1. The fourth-order valence-electron chi connectivity index (χ4n) is 2.66. The molecule has 1 aromatic heterocycles. The lowest BCUT2D eigenvalue weighted by molar-refractivity contribution is -0.166. The molecule has 0 aliphatic heterocycles. The molecule has 1 unspecified atom stereocenters. The van der Waals surface area contributed by atoms with Crippen LogP contribution in [0.25, 0.3) is 11.3 Å². The van der Waals surface area contributed by atoms with Crippen molar-refractivity contribution in [3.05, 3.63) is 77.8 Å². The number of benzene rings is 2. The van der Waals surface area contributed by atoms with Crippen molar-refractivity contribution in [2.75, 3.05) is 7.11 Å². The van der Waals surface area contributed by atoms with Crippen LogP contribution in [0.15, 0.2) is 59.1 Å². The Morgan fingerprint density at radius 3 is 2.41 bits per heavy atom. The molecule has 8 heteroatoms. The van der Waals surface area contributed by atoms with E-state index in [1.807, 2.05) is 0 Å². The monoisotopic (exact) mass is 401 g/mol. The van der Waals surface area contributed by atoms with E-state index >= 15 is 0 Å². The second kappa shape index (κ2) is 9.09. The van der Waals surface area contributed by atoms with Crippen LogP contribution in [0.4, 0.5) is 8.78 Å². The summed E-state index contributed by atoms with van der Waals surface area (Å²) >= 11 is 0. The van der Waals surface area contributed by atoms with Crippen molar-refractivity contribution in [1.82, 2.24) is 4.98 Å². The van der Waals surface area contributed by atoms with E-state index in [0.29, 0.717) is 5.56 Å². The van der Waals surface area contributed by atoms with Crippen molar-refractivity contribution in [2.24, 2.45) is 0 Å². The topological polar surface area (TPSA) is 78.6 Å². The predicted octanol–water partition coefficient (Wildman–Crippen LogP) is 4.01. The molecule has 6 nitrogen and oxygen atoms in total. The smallest absolute Gasteiger partial charge is 0.351 e. The first-order valence-corrected chi connectivity index (χ1v) is 8.71. The van der Waals surface area contributed by atoms with Gasteiger partial charge in [0, 0.05) is 12.0 Å². The molecule has 3 rings (SSSR count). The summed E-state index contributed by atoms with van der Waals surface area (Å²) < 4.78 is 42.9. The number of halogens is 2. The molecule has 0 aliphatic carbocycles. The highest BCUT2D eigenvalue weighted by molar-refractivity contribution is 5.80. The first-order valence-electron chi connectivity index (χ1n) is 8.71. The fraction of sp³-hybridized carbons (Fsp3) is 0.190. The van der Waals surface area contributed by atoms with Gasteiger partial charge in [-0.25, -0.2) is 18.6 Å². The summed E-state index contributed by atoms with van der Waals surface area (Å²) in [5, 5.41) is 0. The first-order chi connectivity index (χ1) is 14.0. The zero-order valence-electron chi connectivity index (χ0n) is 15.4. The van der Waals surface area contributed by atoms with Crippen molar-refractivity contribution in [3.63, 3.8) is 0 Å². The van der Waals surface area contributed by atoms with Crippen molar-refractivity contribution < 1.29 is 32.3 Å². The Hall–Kier alpha value is -3.55. The van der Waals surface area contributed by atoms with E-state index in [0.717, 1.165) is 12.1 Å². The lowest BCUT2D eigenvalue weighted by Gasteiger charge is -2.15. The summed E-state index contributed by atoms with van der Waals surface area (Å²) in [6.07, 6.45) is -0.137. The van der Waals surface area contributed by atoms with Gasteiger partial charge in [0.2, 0.25) is 6.10 Å². The van der Waals surface area contributed by atoms with Crippen LogP contribution in [0, 0.1) is 11.6 Å². The Bertz CT molecular complexity index is 983. The van der Waals surface area contributed by atoms with Gasteiger partial charge in [-0.05, 0) is 12.1 Å². The quantitative estimate of drug-likeness (QED) is 0.557. The number of carbonyl (C=O) groups is 2. The maximum absolute atomic E-state index is 13.8. The molecule has 0 spiro atoms. The van der Waals surface area contributed by atoms with E-state index in [1.165, 1.54) is 19.4 Å². The first kappa shape index (κ1) is 20.2. The number of esters is 2. The number of nitrogens with zero attached hydrogens (tertiary/aromatic N) is 1. The summed E-state index contributed by atoms with van der Waals surface area (Å²) in [4.78, 5) is 28.1. The molecule has 0 radical (unpaired) electrons. The molecular formula is C21H17F2NO5. The van der Waals surface area contributed by atoms with Crippen molar-refractivity contribution in [3.8, 4) is 11.3 Å². The molecule has 1 heterocycles. The summed E-state index contributed by atoms with van der Waals surface area (Å²) in [5.41, 5.74) is 0.143. The standard InChI is InChI=1S/C21H17F2NO5/c1-27-21(26)20(13-6-3-2-4-7-13)29-18(25)11-10-17-24-12-16(28-17)19-14(22)8-5-9-15(19)23/h2-9,12,20H,10-11H2,1H3. The summed E-state index contributed by atoms with van der Waals surface area (Å²) in [5.74, 6) is -2.93. The van der Waals surface area contributed by atoms with Crippen LogP contribution in [0.3, 0.4) is 0 Å². The van der Waals surface area contributed by atoms with Crippen LogP contribution in [-0.2, 0) is 25.5 Å². The van der Waals surface area contributed by atoms with Crippen molar-refractivity contribution in [2.45, 2.75) is 18.9 Å². The van der Waals surface area contributed by atoms with E-state index in [-0.39, 0.29) is 30.1 Å². The van der Waals surface area contributed by atoms with Crippen LogP contribution in [0.2, 0.25) is 0 Å². The predicted molar refractivity (Wildman–Crippen MR) is 97.5 cm³/mol. The van der Waals surface area contributed by atoms with Crippen molar-refractivity contribution >= 4 is 11.9 Å². The van der Waals surface area contributed by atoms with E-state index in [9.17, 15) is 18.4 Å². The minimum atomic E-state index is -1.19. The average Bonchev–Trinajstić information content (AvgIpc) is 3.19. The second-order valence-corrected chi connectivity index (χ2v) is 6.02.